The summed E-state index contributed by atoms with van der Waals surface area (Å²) in [6.45, 7) is 1.87. The Morgan fingerprint density at radius 3 is 2.47 bits per heavy atom. The molecule has 7 heteroatoms. The Bertz CT molecular complexity index is 766. The Balaban J connectivity index is 2.63. The second-order valence-electron chi connectivity index (χ2n) is 4.20. The lowest BCUT2D eigenvalue weighted by molar-refractivity contribution is 0.103. The van der Waals surface area contributed by atoms with Gasteiger partial charge in [0.1, 0.15) is 5.56 Å². The second-order valence-corrected chi connectivity index (χ2v) is 6.57. The fourth-order valence-corrected chi connectivity index (χ4v) is 3.16. The smallest absolute Gasteiger partial charge is 0.303 e. The van der Waals surface area contributed by atoms with Crippen molar-refractivity contribution >= 4 is 33.0 Å². The van der Waals surface area contributed by atoms with Crippen LogP contribution in [0.1, 0.15) is 20.8 Å². The zero-order chi connectivity index (χ0) is 14.3. The van der Waals surface area contributed by atoms with Crippen molar-refractivity contribution in [3.63, 3.8) is 0 Å². The molecule has 0 aliphatic rings. The molecule has 0 saturated heterocycles. The van der Waals surface area contributed by atoms with Crippen molar-refractivity contribution in [2.45, 2.75) is 6.92 Å². The van der Waals surface area contributed by atoms with Crippen LogP contribution in [-0.4, -0.2) is 14.9 Å². The first kappa shape index (κ1) is 14.0. The minimum atomic E-state index is -0.574. The van der Waals surface area contributed by atoms with E-state index in [1.54, 1.807) is 6.07 Å². The average Bonchev–Trinajstić information content (AvgIpc) is 2.71. The molecule has 0 N–H and O–H groups in total. The van der Waals surface area contributed by atoms with Crippen molar-refractivity contribution in [1.29, 1.82) is 0 Å². The first-order valence-corrected chi connectivity index (χ1v) is 7.01. The molecule has 2 aromatic rings. The number of hydrogen-bond acceptors (Lipinski definition) is 4. The van der Waals surface area contributed by atoms with Gasteiger partial charge in [-0.3, -0.25) is 14.2 Å². The fraction of sp³-hybridized carbons (Fsp3) is 0.250. The fourth-order valence-electron chi connectivity index (χ4n) is 1.67. The van der Waals surface area contributed by atoms with Crippen molar-refractivity contribution in [2.75, 3.05) is 0 Å². The summed E-state index contributed by atoms with van der Waals surface area (Å²) in [5, 5.41) is 0. The van der Waals surface area contributed by atoms with Gasteiger partial charge in [0.2, 0.25) is 5.78 Å². The summed E-state index contributed by atoms with van der Waals surface area (Å²) in [5.74, 6) is -0.366. The Morgan fingerprint density at radius 1 is 1.32 bits per heavy atom. The molecule has 100 valence electrons. The van der Waals surface area contributed by atoms with Crippen molar-refractivity contribution in [3.05, 3.63) is 52.9 Å². The maximum atomic E-state index is 12.3. The summed E-state index contributed by atoms with van der Waals surface area (Å²) in [6, 6.07) is 1.72. The molecule has 0 bridgehead atoms. The van der Waals surface area contributed by atoms with Crippen LogP contribution in [0, 0.1) is 6.92 Å². The normalized spacial score (nSPS) is 10.7. The molecule has 0 amide bonds. The molecule has 0 spiro atoms. The molecular weight excluding hydrogens is 332 g/mol. The molecule has 0 aromatic carbocycles. The van der Waals surface area contributed by atoms with E-state index in [1.807, 2.05) is 6.92 Å². The van der Waals surface area contributed by atoms with E-state index in [9.17, 15) is 14.4 Å². The monoisotopic (exact) mass is 342 g/mol. The van der Waals surface area contributed by atoms with E-state index >= 15 is 0 Å². The van der Waals surface area contributed by atoms with Crippen LogP contribution in [0.15, 0.2) is 25.6 Å². The Morgan fingerprint density at radius 2 is 1.95 bits per heavy atom. The van der Waals surface area contributed by atoms with E-state index in [1.165, 1.54) is 36.2 Å². The third-order valence-corrected chi connectivity index (χ3v) is 4.91. The first-order chi connectivity index (χ1) is 8.82. The van der Waals surface area contributed by atoms with Gasteiger partial charge >= 0.3 is 5.69 Å². The minimum Gasteiger partial charge on any atom is -0.303 e. The zero-order valence-corrected chi connectivity index (χ0v) is 13.0. The van der Waals surface area contributed by atoms with Gasteiger partial charge in [-0.1, -0.05) is 0 Å². The summed E-state index contributed by atoms with van der Waals surface area (Å²) < 4.78 is 3.02. The highest BCUT2D eigenvalue weighted by Gasteiger charge is 2.19. The number of carbonyl (C=O) groups is 1. The van der Waals surface area contributed by atoms with Crippen LogP contribution in [0.4, 0.5) is 0 Å². The van der Waals surface area contributed by atoms with Gasteiger partial charge in [0.15, 0.2) is 0 Å². The predicted molar refractivity (Wildman–Crippen MR) is 77.1 cm³/mol. The molecule has 0 fully saturated rings. The quantitative estimate of drug-likeness (QED) is 0.776. The van der Waals surface area contributed by atoms with Crippen molar-refractivity contribution in [2.24, 2.45) is 14.1 Å². The largest absolute Gasteiger partial charge is 0.330 e. The van der Waals surface area contributed by atoms with Crippen LogP contribution in [0.25, 0.3) is 0 Å². The van der Waals surface area contributed by atoms with Gasteiger partial charge in [0.25, 0.3) is 5.56 Å². The number of halogens is 1. The molecule has 0 atom stereocenters. The lowest BCUT2D eigenvalue weighted by atomic mass is 10.1. The van der Waals surface area contributed by atoms with Crippen molar-refractivity contribution in [1.82, 2.24) is 9.13 Å². The molecule has 0 unspecified atom stereocenters. The number of hydrogen-bond donors (Lipinski definition) is 0. The molecule has 0 radical (unpaired) electrons. The molecule has 2 heterocycles. The van der Waals surface area contributed by atoms with Gasteiger partial charge < -0.3 is 4.57 Å². The van der Waals surface area contributed by atoms with Gasteiger partial charge in [-0.25, -0.2) is 4.79 Å². The standard InChI is InChI=1S/C12H11BrN2O3S/c1-6-4-8(19-10(6)13)9(16)7-5-14(2)12(18)15(3)11(7)17/h4-5H,1-3H3. The SMILES string of the molecule is Cc1cc(C(=O)c2cn(C)c(=O)n(C)c2=O)sc1Br. The third kappa shape index (κ3) is 2.35. The van der Waals surface area contributed by atoms with E-state index in [0.717, 1.165) is 13.9 Å². The van der Waals surface area contributed by atoms with Crippen LogP contribution in [0.3, 0.4) is 0 Å². The number of rotatable bonds is 2. The van der Waals surface area contributed by atoms with Crippen LogP contribution in [0.5, 0.6) is 0 Å². The summed E-state index contributed by atoms with van der Waals surface area (Å²) in [6.07, 6.45) is 1.29. The van der Waals surface area contributed by atoms with Crippen LogP contribution >= 0.6 is 27.3 Å². The highest BCUT2D eigenvalue weighted by atomic mass is 79.9. The molecule has 0 aliphatic heterocycles. The molecule has 0 aliphatic carbocycles. The molecule has 2 aromatic heterocycles. The molecule has 2 rings (SSSR count). The number of thiophene rings is 1. The van der Waals surface area contributed by atoms with Crippen LogP contribution < -0.4 is 11.2 Å². The number of carbonyl (C=O) groups excluding carboxylic acids is 1. The molecule has 19 heavy (non-hydrogen) atoms. The Kier molecular flexibility index (Phi) is 3.60. The number of nitrogens with zero attached hydrogens (tertiary/aromatic N) is 2. The first-order valence-electron chi connectivity index (χ1n) is 5.40. The van der Waals surface area contributed by atoms with Crippen molar-refractivity contribution in [3.8, 4) is 0 Å². The molecular formula is C12H11BrN2O3S. The predicted octanol–water partition coefficient (Wildman–Crippen LogP) is 1.45. The highest BCUT2D eigenvalue weighted by molar-refractivity contribution is 9.11. The Hall–Kier alpha value is -1.47. The summed E-state index contributed by atoms with van der Waals surface area (Å²) in [4.78, 5) is 36.3. The minimum absolute atomic E-state index is 0.00153. The van der Waals surface area contributed by atoms with Crippen molar-refractivity contribution < 1.29 is 4.79 Å². The second kappa shape index (κ2) is 4.90. The van der Waals surface area contributed by atoms with Gasteiger partial charge in [-0.2, -0.15) is 0 Å². The number of aryl methyl sites for hydroxylation is 2. The van der Waals surface area contributed by atoms with Crippen LogP contribution in [0.2, 0.25) is 0 Å². The van der Waals surface area contributed by atoms with Gasteiger partial charge in [-0.15, -0.1) is 11.3 Å². The van der Waals surface area contributed by atoms with Crippen LogP contribution in [-0.2, 0) is 14.1 Å². The Labute approximate surface area is 121 Å². The number of ketones is 1. The van der Waals surface area contributed by atoms with E-state index < -0.39 is 11.2 Å². The zero-order valence-electron chi connectivity index (χ0n) is 10.6. The van der Waals surface area contributed by atoms with E-state index in [4.69, 9.17) is 0 Å². The van der Waals surface area contributed by atoms with E-state index in [2.05, 4.69) is 15.9 Å². The third-order valence-electron chi connectivity index (χ3n) is 2.77. The highest BCUT2D eigenvalue weighted by Crippen LogP contribution is 2.28. The molecule has 0 saturated carbocycles. The lowest BCUT2D eigenvalue weighted by Gasteiger charge is -2.04. The topological polar surface area (TPSA) is 61.1 Å². The summed E-state index contributed by atoms with van der Waals surface area (Å²) in [5.41, 5.74) is -0.0892. The number of aromatic nitrogens is 2. The average molecular weight is 343 g/mol. The maximum absolute atomic E-state index is 12.3. The van der Waals surface area contributed by atoms with Gasteiger partial charge in [-0.05, 0) is 34.5 Å². The van der Waals surface area contributed by atoms with Gasteiger partial charge in [0, 0.05) is 20.3 Å². The van der Waals surface area contributed by atoms with E-state index in [-0.39, 0.29) is 11.3 Å². The molecule has 5 nitrogen and oxygen atoms in total. The summed E-state index contributed by atoms with van der Waals surface area (Å²) in [7, 11) is 2.87. The lowest BCUT2D eigenvalue weighted by Crippen LogP contribution is -2.39. The maximum Gasteiger partial charge on any atom is 0.330 e. The van der Waals surface area contributed by atoms with E-state index in [0.29, 0.717) is 4.88 Å². The van der Waals surface area contributed by atoms with Gasteiger partial charge in [0.05, 0.1) is 8.66 Å². The summed E-state index contributed by atoms with van der Waals surface area (Å²) >= 11 is 4.62.